The van der Waals surface area contributed by atoms with Gasteiger partial charge in [0.2, 0.25) is 0 Å². The minimum Gasteiger partial charge on any atom is -0.505 e. The molecule has 2 aromatic rings. The van der Waals surface area contributed by atoms with Crippen molar-refractivity contribution in [2.45, 2.75) is 9.79 Å². The first kappa shape index (κ1) is 16.3. The number of anilines is 1. The van der Waals surface area contributed by atoms with Gasteiger partial charge >= 0.3 is 0 Å². The number of fused-ring (bicyclic) bond motifs is 1. The summed E-state index contributed by atoms with van der Waals surface area (Å²) in [6.07, 6.45) is 0. The summed E-state index contributed by atoms with van der Waals surface area (Å²) >= 11 is 0. The van der Waals surface area contributed by atoms with Gasteiger partial charge in [-0.25, -0.2) is 0 Å². The summed E-state index contributed by atoms with van der Waals surface area (Å²) in [5, 5.41) is 9.83. The average Bonchev–Trinajstić information content (AvgIpc) is 2.39. The second kappa shape index (κ2) is 4.98. The first-order chi connectivity index (χ1) is 9.96. The Hall–Kier alpha value is -2.08. The van der Waals surface area contributed by atoms with Gasteiger partial charge < -0.3 is 15.6 Å². The van der Waals surface area contributed by atoms with Crippen molar-refractivity contribution in [3.63, 3.8) is 0 Å². The van der Waals surface area contributed by atoms with Crippen molar-refractivity contribution in [3.8, 4) is 11.5 Å². The maximum atomic E-state index is 11.3. The number of nitrogen functional groups attached to an aromatic ring is 1. The number of methoxy groups -OCH3 is 1. The van der Waals surface area contributed by atoms with E-state index in [1.54, 1.807) is 0 Å². The smallest absolute Gasteiger partial charge is 0.296 e. The molecule has 0 bridgehead atoms. The van der Waals surface area contributed by atoms with Crippen LogP contribution in [-0.4, -0.2) is 38.2 Å². The molecule has 5 N–H and O–H groups in total. The summed E-state index contributed by atoms with van der Waals surface area (Å²) in [4.78, 5) is -1.38. The molecule has 2 rings (SSSR count). The molecule has 0 amide bonds. The second-order valence-corrected chi connectivity index (χ2v) is 7.12. The van der Waals surface area contributed by atoms with Gasteiger partial charge in [0.15, 0.2) is 5.75 Å². The Bertz CT molecular complexity index is 979. The van der Waals surface area contributed by atoms with Gasteiger partial charge in [-0.3, -0.25) is 9.11 Å². The van der Waals surface area contributed by atoms with Crippen molar-refractivity contribution < 1.29 is 35.8 Å². The molecule has 0 spiro atoms. The first-order valence-corrected chi connectivity index (χ1v) is 8.43. The number of phenols is 1. The normalized spacial score (nSPS) is 12.5. The Kier molecular flexibility index (Phi) is 3.69. The predicted octanol–water partition coefficient (Wildman–Crippen LogP) is 0.630. The molecule has 0 heterocycles. The third-order valence-electron chi connectivity index (χ3n) is 2.95. The zero-order valence-electron chi connectivity index (χ0n) is 11.0. The number of benzene rings is 2. The Labute approximate surface area is 125 Å². The van der Waals surface area contributed by atoms with Crippen LogP contribution in [0.1, 0.15) is 0 Å². The highest BCUT2D eigenvalue weighted by atomic mass is 32.2. The molecule has 0 saturated heterocycles. The Morgan fingerprint density at radius 1 is 1.05 bits per heavy atom. The third kappa shape index (κ3) is 2.66. The van der Waals surface area contributed by atoms with Crippen LogP contribution in [-0.2, 0) is 20.2 Å². The standard InChI is InChI=1S/C11H11NO8S2/c1-20-7-4-6(21(14,15)16)2-5-3-8(22(17,18)19)10(12)11(13)9(5)7/h2-4,13H,12H2,1H3,(H,14,15,16)(H,17,18,19). The molecular weight excluding hydrogens is 338 g/mol. The monoisotopic (exact) mass is 349 g/mol. The zero-order chi connectivity index (χ0) is 16.9. The quantitative estimate of drug-likeness (QED) is 0.353. The molecule has 0 saturated carbocycles. The lowest BCUT2D eigenvalue weighted by Crippen LogP contribution is -2.05. The fourth-order valence-electron chi connectivity index (χ4n) is 1.97. The van der Waals surface area contributed by atoms with Gasteiger partial charge in [-0.1, -0.05) is 0 Å². The van der Waals surface area contributed by atoms with Crippen molar-refractivity contribution >= 4 is 36.7 Å². The maximum Gasteiger partial charge on any atom is 0.296 e. The number of nitrogens with two attached hydrogens (primary N) is 1. The summed E-state index contributed by atoms with van der Waals surface area (Å²) in [6, 6.07) is 2.70. The average molecular weight is 349 g/mol. The van der Waals surface area contributed by atoms with E-state index in [-0.39, 0.29) is 16.5 Å². The van der Waals surface area contributed by atoms with Crippen LogP contribution in [0.4, 0.5) is 5.69 Å². The molecule has 120 valence electrons. The summed E-state index contributed by atoms with van der Waals surface area (Å²) in [5.41, 5.74) is 4.85. The van der Waals surface area contributed by atoms with Gasteiger partial charge in [-0.15, -0.1) is 0 Å². The summed E-state index contributed by atoms with van der Waals surface area (Å²) in [7, 11) is -8.18. The van der Waals surface area contributed by atoms with Crippen molar-refractivity contribution in [1.29, 1.82) is 0 Å². The van der Waals surface area contributed by atoms with Crippen LogP contribution >= 0.6 is 0 Å². The minimum absolute atomic E-state index is 0.0696. The molecule has 0 aliphatic heterocycles. The van der Waals surface area contributed by atoms with Gasteiger partial charge in [0.1, 0.15) is 10.6 Å². The van der Waals surface area contributed by atoms with Crippen LogP contribution in [0.15, 0.2) is 28.0 Å². The predicted molar refractivity (Wildman–Crippen MR) is 76.2 cm³/mol. The lowest BCUT2D eigenvalue weighted by atomic mass is 10.1. The number of ether oxygens (including phenoxy) is 1. The van der Waals surface area contributed by atoms with Crippen LogP contribution in [0.2, 0.25) is 0 Å². The fourth-order valence-corrected chi connectivity index (χ4v) is 3.15. The Morgan fingerprint density at radius 3 is 2.09 bits per heavy atom. The van der Waals surface area contributed by atoms with Crippen LogP contribution in [0.5, 0.6) is 11.5 Å². The minimum atomic E-state index is -4.75. The molecule has 2 aromatic carbocycles. The lowest BCUT2D eigenvalue weighted by molar-refractivity contribution is 0.414. The number of hydrogen-bond acceptors (Lipinski definition) is 7. The zero-order valence-corrected chi connectivity index (χ0v) is 12.6. The van der Waals surface area contributed by atoms with Gasteiger partial charge in [0.25, 0.3) is 20.2 Å². The van der Waals surface area contributed by atoms with Crippen molar-refractivity contribution in [3.05, 3.63) is 18.2 Å². The maximum absolute atomic E-state index is 11.3. The number of hydrogen-bond donors (Lipinski definition) is 4. The molecule has 22 heavy (non-hydrogen) atoms. The van der Waals surface area contributed by atoms with Crippen molar-refractivity contribution in [1.82, 2.24) is 0 Å². The van der Waals surface area contributed by atoms with Gasteiger partial charge in [0.05, 0.1) is 23.1 Å². The molecule has 0 aliphatic carbocycles. The molecule has 11 heteroatoms. The van der Waals surface area contributed by atoms with Gasteiger partial charge in [0, 0.05) is 6.07 Å². The van der Waals surface area contributed by atoms with Crippen molar-refractivity contribution in [2.75, 3.05) is 12.8 Å². The highest BCUT2D eigenvalue weighted by molar-refractivity contribution is 7.86. The van der Waals surface area contributed by atoms with E-state index in [4.69, 9.17) is 19.6 Å². The summed E-state index contributed by atoms with van der Waals surface area (Å²) in [5.74, 6) is -0.861. The molecular formula is C11H11NO8S2. The molecule has 0 aliphatic rings. The van der Waals surface area contributed by atoms with Crippen LogP contribution in [0, 0.1) is 0 Å². The molecule has 0 radical (unpaired) electrons. The Morgan fingerprint density at radius 2 is 1.64 bits per heavy atom. The van der Waals surface area contributed by atoms with Gasteiger partial charge in [-0.2, -0.15) is 16.8 Å². The molecule has 0 atom stereocenters. The van der Waals surface area contributed by atoms with E-state index in [1.807, 2.05) is 0 Å². The summed E-state index contributed by atoms with van der Waals surface area (Å²) < 4.78 is 68.0. The molecule has 0 fully saturated rings. The largest absolute Gasteiger partial charge is 0.505 e. The highest BCUT2D eigenvalue weighted by Gasteiger charge is 2.23. The van der Waals surface area contributed by atoms with E-state index >= 15 is 0 Å². The highest BCUT2D eigenvalue weighted by Crippen LogP contribution is 2.42. The lowest BCUT2D eigenvalue weighted by Gasteiger charge is -2.13. The Balaban J connectivity index is 3.05. The van der Waals surface area contributed by atoms with Crippen molar-refractivity contribution in [2.24, 2.45) is 0 Å². The third-order valence-corrected chi connectivity index (χ3v) is 4.67. The van der Waals surface area contributed by atoms with E-state index in [0.717, 1.165) is 18.2 Å². The van der Waals surface area contributed by atoms with E-state index in [0.29, 0.717) is 0 Å². The molecule has 0 aromatic heterocycles. The van der Waals surface area contributed by atoms with Crippen LogP contribution < -0.4 is 10.5 Å². The SMILES string of the molecule is COc1cc(S(=O)(=O)O)cc2cc(S(=O)(=O)O)c(N)c(O)c12. The van der Waals surface area contributed by atoms with Crippen LogP contribution in [0.25, 0.3) is 10.8 Å². The number of aromatic hydroxyl groups is 1. The topological polar surface area (TPSA) is 164 Å². The van der Waals surface area contributed by atoms with Gasteiger partial charge in [-0.05, 0) is 17.5 Å². The number of phenolic OH excluding ortho intramolecular Hbond substituents is 1. The van der Waals surface area contributed by atoms with E-state index in [2.05, 4.69) is 0 Å². The van der Waals surface area contributed by atoms with Crippen LogP contribution in [0.3, 0.4) is 0 Å². The fraction of sp³-hybridized carbons (Fsp3) is 0.0909. The first-order valence-electron chi connectivity index (χ1n) is 5.55. The van der Waals surface area contributed by atoms with E-state index < -0.39 is 41.5 Å². The van der Waals surface area contributed by atoms with E-state index in [9.17, 15) is 21.9 Å². The number of rotatable bonds is 3. The van der Waals surface area contributed by atoms with E-state index in [1.165, 1.54) is 7.11 Å². The molecule has 9 nitrogen and oxygen atoms in total. The second-order valence-electron chi connectivity index (χ2n) is 4.31. The molecule has 0 unspecified atom stereocenters. The summed E-state index contributed by atoms with van der Waals surface area (Å²) in [6.45, 7) is 0.